The number of urea groups is 1. The van der Waals surface area contributed by atoms with Crippen molar-refractivity contribution < 1.29 is 14.7 Å². The van der Waals surface area contributed by atoms with Crippen LogP contribution in [0, 0.1) is 0 Å². The van der Waals surface area contributed by atoms with Crippen molar-refractivity contribution in [1.29, 1.82) is 0 Å². The Kier molecular flexibility index (Phi) is 7.66. The lowest BCUT2D eigenvalue weighted by Gasteiger charge is -2.33. The van der Waals surface area contributed by atoms with Gasteiger partial charge in [-0.25, -0.2) is 4.79 Å². The van der Waals surface area contributed by atoms with Gasteiger partial charge in [0.25, 0.3) is 0 Å². The topological polar surface area (TPSA) is 72.9 Å². The third-order valence-electron chi connectivity index (χ3n) is 3.07. The first-order valence-corrected chi connectivity index (χ1v) is 7.98. The van der Waals surface area contributed by atoms with E-state index in [4.69, 9.17) is 5.11 Å². The van der Waals surface area contributed by atoms with Crippen LogP contribution in [0.2, 0.25) is 0 Å². The molecule has 7 heteroatoms. The molecule has 0 spiro atoms. The van der Waals surface area contributed by atoms with Gasteiger partial charge in [-0.2, -0.15) is 11.8 Å². The van der Waals surface area contributed by atoms with Gasteiger partial charge >= 0.3 is 12.0 Å². The van der Waals surface area contributed by atoms with Crippen LogP contribution in [0.25, 0.3) is 0 Å². The molecule has 0 aromatic heterocycles. The number of hydrogen-bond donors (Lipinski definition) is 2. The third kappa shape index (κ3) is 6.68. The van der Waals surface area contributed by atoms with E-state index in [2.05, 4.69) is 11.6 Å². The third-order valence-corrected chi connectivity index (χ3v) is 3.77. The molecular weight excluding hydrogens is 266 g/mol. The molecule has 0 aromatic rings. The van der Waals surface area contributed by atoms with Gasteiger partial charge in [-0.1, -0.05) is 0 Å². The van der Waals surface area contributed by atoms with E-state index in [0.717, 1.165) is 18.6 Å². The maximum Gasteiger partial charge on any atom is 0.317 e. The number of carboxylic acid groups (broad SMARTS) is 1. The number of piperazine rings is 1. The van der Waals surface area contributed by atoms with Gasteiger partial charge in [-0.05, 0) is 24.9 Å². The summed E-state index contributed by atoms with van der Waals surface area (Å²) in [6.07, 6.45) is 4.20. The lowest BCUT2D eigenvalue weighted by Crippen LogP contribution is -2.52. The molecule has 0 atom stereocenters. The van der Waals surface area contributed by atoms with Gasteiger partial charge in [0.05, 0.1) is 6.54 Å². The van der Waals surface area contributed by atoms with E-state index in [1.54, 1.807) is 4.90 Å². The van der Waals surface area contributed by atoms with Crippen molar-refractivity contribution in [3.05, 3.63) is 0 Å². The summed E-state index contributed by atoms with van der Waals surface area (Å²) in [5, 5.41) is 11.6. The fourth-order valence-corrected chi connectivity index (χ4v) is 2.47. The van der Waals surface area contributed by atoms with Gasteiger partial charge in [-0.15, -0.1) is 0 Å². The van der Waals surface area contributed by atoms with Crippen molar-refractivity contribution in [2.75, 3.05) is 51.3 Å². The first kappa shape index (κ1) is 16.1. The van der Waals surface area contributed by atoms with Gasteiger partial charge in [0.1, 0.15) is 0 Å². The van der Waals surface area contributed by atoms with Crippen LogP contribution in [0.3, 0.4) is 0 Å². The maximum absolute atomic E-state index is 11.8. The fourth-order valence-electron chi connectivity index (χ4n) is 1.98. The van der Waals surface area contributed by atoms with Crippen molar-refractivity contribution in [1.82, 2.24) is 15.1 Å². The largest absolute Gasteiger partial charge is 0.480 e. The highest BCUT2D eigenvalue weighted by Gasteiger charge is 2.21. The van der Waals surface area contributed by atoms with Gasteiger partial charge in [0.2, 0.25) is 0 Å². The first-order valence-electron chi connectivity index (χ1n) is 6.59. The van der Waals surface area contributed by atoms with E-state index in [0.29, 0.717) is 32.7 Å². The van der Waals surface area contributed by atoms with Crippen molar-refractivity contribution in [3.63, 3.8) is 0 Å². The Labute approximate surface area is 118 Å². The predicted molar refractivity (Wildman–Crippen MR) is 76.7 cm³/mol. The average Bonchev–Trinajstić information content (AvgIpc) is 2.38. The van der Waals surface area contributed by atoms with Gasteiger partial charge in [0.15, 0.2) is 0 Å². The summed E-state index contributed by atoms with van der Waals surface area (Å²) < 4.78 is 0. The fraction of sp³-hybridized carbons (Fsp3) is 0.833. The predicted octanol–water partition coefficient (Wildman–Crippen LogP) is 0.541. The second kappa shape index (κ2) is 9.03. The van der Waals surface area contributed by atoms with Gasteiger partial charge in [0, 0.05) is 32.7 Å². The highest BCUT2D eigenvalue weighted by Crippen LogP contribution is 2.02. The molecule has 1 heterocycles. The van der Waals surface area contributed by atoms with E-state index in [1.807, 2.05) is 16.7 Å². The number of nitrogens with zero attached hydrogens (tertiary/aromatic N) is 2. The average molecular weight is 289 g/mol. The second-order valence-electron chi connectivity index (χ2n) is 4.59. The SMILES string of the molecule is CSCCCCNC(=O)N1CCN(CC(=O)O)CC1. The Hall–Kier alpha value is -0.950. The van der Waals surface area contributed by atoms with Crippen LogP contribution in [-0.2, 0) is 4.79 Å². The molecular formula is C12H23N3O3S. The molecule has 1 aliphatic heterocycles. The molecule has 0 radical (unpaired) electrons. The zero-order valence-corrected chi connectivity index (χ0v) is 12.2. The number of rotatable bonds is 7. The van der Waals surface area contributed by atoms with E-state index in [1.165, 1.54) is 0 Å². The molecule has 1 saturated heterocycles. The van der Waals surface area contributed by atoms with Gasteiger partial charge < -0.3 is 15.3 Å². The number of amides is 2. The Balaban J connectivity index is 2.12. The summed E-state index contributed by atoms with van der Waals surface area (Å²) in [6, 6.07) is -0.0286. The highest BCUT2D eigenvalue weighted by atomic mass is 32.2. The Morgan fingerprint density at radius 3 is 2.47 bits per heavy atom. The molecule has 0 unspecified atom stereocenters. The quantitative estimate of drug-likeness (QED) is 0.669. The van der Waals surface area contributed by atoms with Crippen LogP contribution < -0.4 is 5.32 Å². The zero-order valence-electron chi connectivity index (χ0n) is 11.4. The second-order valence-corrected chi connectivity index (χ2v) is 5.57. The molecule has 1 fully saturated rings. The van der Waals surface area contributed by atoms with Crippen molar-refractivity contribution in [2.45, 2.75) is 12.8 Å². The number of carbonyl (C=O) groups is 2. The van der Waals surface area contributed by atoms with Crippen LogP contribution >= 0.6 is 11.8 Å². The number of unbranched alkanes of at least 4 members (excludes halogenated alkanes) is 1. The normalized spacial score (nSPS) is 16.4. The molecule has 0 bridgehead atoms. The Bertz CT molecular complexity index is 294. The lowest BCUT2D eigenvalue weighted by molar-refractivity contribution is -0.138. The van der Waals surface area contributed by atoms with Crippen LogP contribution in [0.1, 0.15) is 12.8 Å². The van der Waals surface area contributed by atoms with E-state index in [9.17, 15) is 9.59 Å². The number of nitrogens with one attached hydrogen (secondary N) is 1. The molecule has 0 aromatic carbocycles. The van der Waals surface area contributed by atoms with Crippen molar-refractivity contribution in [2.24, 2.45) is 0 Å². The summed E-state index contributed by atoms with van der Waals surface area (Å²) >= 11 is 1.82. The summed E-state index contributed by atoms with van der Waals surface area (Å²) in [7, 11) is 0. The molecule has 2 amide bonds. The van der Waals surface area contributed by atoms with E-state index >= 15 is 0 Å². The smallest absolute Gasteiger partial charge is 0.317 e. The minimum Gasteiger partial charge on any atom is -0.480 e. The molecule has 0 aliphatic carbocycles. The minimum atomic E-state index is -0.813. The summed E-state index contributed by atoms with van der Waals surface area (Å²) in [5.74, 6) is 0.315. The molecule has 0 saturated carbocycles. The van der Waals surface area contributed by atoms with Crippen LogP contribution in [0.5, 0.6) is 0 Å². The van der Waals surface area contributed by atoms with Gasteiger partial charge in [-0.3, -0.25) is 9.69 Å². The maximum atomic E-state index is 11.8. The first-order chi connectivity index (χ1) is 9.13. The lowest BCUT2D eigenvalue weighted by atomic mass is 10.3. The summed E-state index contributed by atoms with van der Waals surface area (Å²) in [5.41, 5.74) is 0. The van der Waals surface area contributed by atoms with E-state index in [-0.39, 0.29) is 12.6 Å². The van der Waals surface area contributed by atoms with Crippen LogP contribution in [0.4, 0.5) is 4.79 Å². The minimum absolute atomic E-state index is 0.0286. The highest BCUT2D eigenvalue weighted by molar-refractivity contribution is 7.98. The standard InChI is InChI=1S/C12H23N3O3S/c1-19-9-3-2-4-13-12(18)15-7-5-14(6-8-15)10-11(16)17/h2-10H2,1H3,(H,13,18)(H,16,17). The number of carbonyl (C=O) groups excluding carboxylic acids is 1. The summed E-state index contributed by atoms with van der Waals surface area (Å²) in [6.45, 7) is 3.24. The van der Waals surface area contributed by atoms with Crippen LogP contribution in [0.15, 0.2) is 0 Å². The number of aliphatic carboxylic acids is 1. The summed E-state index contributed by atoms with van der Waals surface area (Å²) in [4.78, 5) is 26.0. The molecule has 1 rings (SSSR count). The monoisotopic (exact) mass is 289 g/mol. The van der Waals surface area contributed by atoms with Crippen molar-refractivity contribution >= 4 is 23.8 Å². The molecule has 1 aliphatic rings. The Morgan fingerprint density at radius 2 is 1.89 bits per heavy atom. The zero-order chi connectivity index (χ0) is 14.1. The Morgan fingerprint density at radius 1 is 1.21 bits per heavy atom. The number of hydrogen-bond acceptors (Lipinski definition) is 4. The van der Waals surface area contributed by atoms with Crippen molar-refractivity contribution in [3.8, 4) is 0 Å². The number of carboxylic acids is 1. The molecule has 110 valence electrons. The molecule has 6 nitrogen and oxygen atoms in total. The molecule has 19 heavy (non-hydrogen) atoms. The molecule has 2 N–H and O–H groups in total. The van der Waals surface area contributed by atoms with E-state index < -0.39 is 5.97 Å². The van der Waals surface area contributed by atoms with Crippen LogP contribution in [-0.4, -0.2) is 78.2 Å². The number of thioether (sulfide) groups is 1.